The van der Waals surface area contributed by atoms with Crippen molar-refractivity contribution in [2.75, 3.05) is 11.9 Å². The highest BCUT2D eigenvalue weighted by Gasteiger charge is 2.39. The van der Waals surface area contributed by atoms with Crippen molar-refractivity contribution in [1.29, 1.82) is 0 Å². The van der Waals surface area contributed by atoms with Gasteiger partial charge < -0.3 is 21.1 Å². The fourth-order valence-electron chi connectivity index (χ4n) is 3.40. The van der Waals surface area contributed by atoms with Crippen molar-refractivity contribution in [2.45, 2.75) is 38.5 Å². The minimum Gasteiger partial charge on any atom is -0.475 e. The van der Waals surface area contributed by atoms with Gasteiger partial charge in [-0.1, -0.05) is 26.0 Å². The van der Waals surface area contributed by atoms with Crippen LogP contribution in [0.1, 0.15) is 31.0 Å². The first-order valence-corrected chi connectivity index (χ1v) is 10.5. The molecule has 2 amide bonds. The average molecular weight is 519 g/mol. The number of nitrogens with one attached hydrogen (secondary N) is 1. The third-order valence-corrected chi connectivity index (χ3v) is 5.32. The van der Waals surface area contributed by atoms with Gasteiger partial charge in [-0.25, -0.2) is 18.0 Å². The van der Waals surface area contributed by atoms with Crippen LogP contribution in [-0.2, 0) is 20.8 Å². The molecule has 0 bridgehead atoms. The van der Waals surface area contributed by atoms with E-state index < -0.39 is 59.2 Å². The van der Waals surface area contributed by atoms with E-state index in [1.54, 1.807) is 13.8 Å². The zero-order valence-electron chi connectivity index (χ0n) is 19.1. The zero-order chi connectivity index (χ0) is 27.4. The Hall–Kier alpha value is -3.61. The Morgan fingerprint density at radius 1 is 1.08 bits per heavy atom. The summed E-state index contributed by atoms with van der Waals surface area (Å²) in [6, 6.07) is 5.06. The first-order valence-electron chi connectivity index (χ1n) is 10.5. The predicted octanol–water partition coefficient (Wildman–Crippen LogP) is 3.79. The summed E-state index contributed by atoms with van der Waals surface area (Å²) < 4.78 is 73.4. The van der Waals surface area contributed by atoms with Gasteiger partial charge in [0.25, 0.3) is 5.91 Å². The van der Waals surface area contributed by atoms with Crippen LogP contribution in [0, 0.1) is 23.4 Å². The lowest BCUT2D eigenvalue weighted by Crippen LogP contribution is -2.52. The van der Waals surface area contributed by atoms with Crippen LogP contribution in [0.3, 0.4) is 0 Å². The molecule has 1 heterocycles. The maximum atomic E-state index is 14.0. The van der Waals surface area contributed by atoms with E-state index in [-0.39, 0.29) is 12.5 Å². The molecule has 1 unspecified atom stereocenters. The Bertz CT molecular complexity index is 1120. The number of nitrogens with zero attached hydrogens (tertiary/aromatic N) is 1. The number of amides is 2. The number of hydrogen-bond acceptors (Lipinski definition) is 4. The molecule has 0 fully saturated rings. The van der Waals surface area contributed by atoms with Crippen molar-refractivity contribution in [1.82, 2.24) is 4.90 Å². The van der Waals surface area contributed by atoms with E-state index in [1.165, 1.54) is 29.2 Å². The van der Waals surface area contributed by atoms with E-state index in [1.807, 2.05) is 0 Å². The lowest BCUT2D eigenvalue weighted by molar-refractivity contribution is -0.192. The number of rotatable bonds is 4. The monoisotopic (exact) mass is 519 g/mol. The molecule has 0 radical (unpaired) electrons. The lowest BCUT2D eigenvalue weighted by Gasteiger charge is -2.38. The standard InChI is InChI=1S/C21H22F3N3O2.C2HF3O2/c1-11(2)17(25)21(29)27-9-8-12-10-13(22)6-7-14(12)19(27)20(28)26-18-15(23)4-3-5-16(18)24;3-2(4,5)1(6)7/h3-7,10-11,17,19H,8-9,25H2,1-2H3,(H,26,28);(H,6,7)/t17-,19?;/m0./s1. The molecule has 13 heteroatoms. The molecule has 0 aromatic heterocycles. The predicted molar refractivity (Wildman–Crippen MR) is 116 cm³/mol. The summed E-state index contributed by atoms with van der Waals surface area (Å²) >= 11 is 0. The molecule has 196 valence electrons. The van der Waals surface area contributed by atoms with Crippen LogP contribution >= 0.6 is 0 Å². The van der Waals surface area contributed by atoms with Crippen LogP contribution in [0.15, 0.2) is 36.4 Å². The fraction of sp³-hybridized carbons (Fsp3) is 0.348. The number of alkyl halides is 3. The molecule has 7 nitrogen and oxygen atoms in total. The molecule has 0 saturated carbocycles. The molecule has 1 aliphatic rings. The van der Waals surface area contributed by atoms with E-state index >= 15 is 0 Å². The second-order valence-electron chi connectivity index (χ2n) is 8.19. The minimum atomic E-state index is -5.08. The Labute approximate surface area is 201 Å². The van der Waals surface area contributed by atoms with Gasteiger partial charge in [-0.05, 0) is 47.7 Å². The second kappa shape index (κ2) is 11.4. The van der Waals surface area contributed by atoms with E-state index in [0.29, 0.717) is 17.5 Å². The summed E-state index contributed by atoms with van der Waals surface area (Å²) in [6.45, 7) is 3.69. The third-order valence-electron chi connectivity index (χ3n) is 5.32. The van der Waals surface area contributed by atoms with Gasteiger partial charge in [-0.2, -0.15) is 13.2 Å². The molecular weight excluding hydrogens is 496 g/mol. The van der Waals surface area contributed by atoms with Crippen LogP contribution < -0.4 is 11.1 Å². The number of anilines is 1. The zero-order valence-corrected chi connectivity index (χ0v) is 19.1. The number of nitrogens with two attached hydrogens (primary N) is 1. The van der Waals surface area contributed by atoms with Gasteiger partial charge in [0.05, 0.1) is 6.04 Å². The smallest absolute Gasteiger partial charge is 0.475 e. The van der Waals surface area contributed by atoms with Crippen molar-refractivity contribution in [3.05, 3.63) is 65.0 Å². The first kappa shape index (κ1) is 28.6. The second-order valence-corrected chi connectivity index (χ2v) is 8.19. The average Bonchev–Trinajstić information content (AvgIpc) is 2.79. The summed E-state index contributed by atoms with van der Waals surface area (Å²) in [4.78, 5) is 36.2. The summed E-state index contributed by atoms with van der Waals surface area (Å²) in [5.74, 6) is -6.54. The molecule has 2 atom stereocenters. The first-order chi connectivity index (χ1) is 16.6. The van der Waals surface area contributed by atoms with Crippen molar-refractivity contribution in [3.8, 4) is 0 Å². The molecule has 2 aromatic rings. The summed E-state index contributed by atoms with van der Waals surface area (Å²) in [7, 11) is 0. The summed E-state index contributed by atoms with van der Waals surface area (Å²) in [5.41, 5.74) is 6.35. The molecule has 36 heavy (non-hydrogen) atoms. The van der Waals surface area contributed by atoms with Crippen LogP contribution in [0.25, 0.3) is 0 Å². The minimum absolute atomic E-state index is 0.132. The number of carbonyl (C=O) groups excluding carboxylic acids is 2. The largest absolute Gasteiger partial charge is 0.490 e. The normalized spacial score (nSPS) is 15.9. The number of halogens is 6. The van der Waals surface area contributed by atoms with Gasteiger partial charge in [0.1, 0.15) is 29.2 Å². The number of benzene rings is 2. The van der Waals surface area contributed by atoms with Crippen molar-refractivity contribution in [3.63, 3.8) is 0 Å². The van der Waals surface area contributed by atoms with Gasteiger partial charge in [-0.3, -0.25) is 9.59 Å². The number of fused-ring (bicyclic) bond motifs is 1. The van der Waals surface area contributed by atoms with Gasteiger partial charge in [0, 0.05) is 6.54 Å². The fourth-order valence-corrected chi connectivity index (χ4v) is 3.40. The number of carbonyl (C=O) groups is 3. The number of para-hydroxylation sites is 1. The van der Waals surface area contributed by atoms with Crippen LogP contribution in [0.4, 0.5) is 32.0 Å². The molecular formula is C23H23F6N3O4. The van der Waals surface area contributed by atoms with Crippen molar-refractivity contribution in [2.24, 2.45) is 11.7 Å². The molecule has 0 saturated heterocycles. The number of carboxylic acids is 1. The third kappa shape index (κ3) is 6.74. The van der Waals surface area contributed by atoms with Crippen LogP contribution in [-0.4, -0.2) is 46.6 Å². The molecule has 4 N–H and O–H groups in total. The van der Waals surface area contributed by atoms with Crippen LogP contribution in [0.5, 0.6) is 0 Å². The Kier molecular flexibility index (Phi) is 9.08. The SMILES string of the molecule is CC(C)[C@H](N)C(=O)N1CCc2cc(F)ccc2C1C(=O)Nc1c(F)cccc1F.O=C(O)C(F)(F)F. The highest BCUT2D eigenvalue weighted by molar-refractivity contribution is 5.99. The summed E-state index contributed by atoms with van der Waals surface area (Å²) in [5, 5.41) is 9.36. The Morgan fingerprint density at radius 3 is 2.14 bits per heavy atom. The highest BCUT2D eigenvalue weighted by atomic mass is 19.4. The maximum Gasteiger partial charge on any atom is 0.490 e. The van der Waals surface area contributed by atoms with E-state index in [0.717, 1.165) is 12.1 Å². The Balaban J connectivity index is 0.000000572. The van der Waals surface area contributed by atoms with Gasteiger partial charge in [0.2, 0.25) is 5.91 Å². The van der Waals surface area contributed by atoms with Crippen molar-refractivity contribution < 1.29 is 45.8 Å². The van der Waals surface area contributed by atoms with Gasteiger partial charge in [0.15, 0.2) is 0 Å². The van der Waals surface area contributed by atoms with Crippen LogP contribution in [0.2, 0.25) is 0 Å². The molecule has 0 aliphatic carbocycles. The van der Waals surface area contributed by atoms with Gasteiger partial charge >= 0.3 is 12.1 Å². The Morgan fingerprint density at radius 2 is 1.64 bits per heavy atom. The molecule has 1 aliphatic heterocycles. The highest BCUT2D eigenvalue weighted by Crippen LogP contribution is 2.33. The summed E-state index contributed by atoms with van der Waals surface area (Å²) in [6.07, 6.45) is -4.75. The van der Waals surface area contributed by atoms with Gasteiger partial charge in [-0.15, -0.1) is 0 Å². The maximum absolute atomic E-state index is 14.0. The van der Waals surface area contributed by atoms with E-state index in [9.17, 15) is 35.9 Å². The molecule has 0 spiro atoms. The quantitative estimate of drug-likeness (QED) is 0.533. The lowest BCUT2D eigenvalue weighted by atomic mass is 9.90. The molecule has 2 aromatic carbocycles. The van der Waals surface area contributed by atoms with Crippen molar-refractivity contribution >= 4 is 23.5 Å². The number of hydrogen-bond donors (Lipinski definition) is 3. The van der Waals surface area contributed by atoms with E-state index in [2.05, 4.69) is 5.32 Å². The number of aliphatic carboxylic acids is 1. The number of carboxylic acid groups (broad SMARTS) is 1. The topological polar surface area (TPSA) is 113 Å². The van der Waals surface area contributed by atoms with E-state index in [4.69, 9.17) is 15.6 Å². The molecule has 3 rings (SSSR count).